The third-order valence-corrected chi connectivity index (χ3v) is 7.06. The van der Waals surface area contributed by atoms with E-state index >= 15 is 0 Å². The van der Waals surface area contributed by atoms with Crippen LogP contribution in [0.15, 0.2) is 48.0 Å². The van der Waals surface area contributed by atoms with Crippen molar-refractivity contribution >= 4 is 52.6 Å². The van der Waals surface area contributed by atoms with E-state index in [1.807, 2.05) is 0 Å². The molecule has 1 atom stereocenters. The van der Waals surface area contributed by atoms with E-state index in [0.29, 0.717) is 10.4 Å². The zero-order chi connectivity index (χ0) is 26.4. The zero-order valence-corrected chi connectivity index (χ0v) is 21.7. The van der Waals surface area contributed by atoms with Gasteiger partial charge in [0.1, 0.15) is 6.54 Å². The zero-order valence-electron chi connectivity index (χ0n) is 19.3. The van der Waals surface area contributed by atoms with Crippen molar-refractivity contribution in [3.63, 3.8) is 0 Å². The molecule has 1 aromatic heterocycles. The highest BCUT2D eigenvalue weighted by atomic mass is 35.5. The lowest BCUT2D eigenvalue weighted by molar-refractivity contribution is -0.870. The maximum Gasteiger partial charge on any atom is 0.342 e. The largest absolute Gasteiger partial charge is 0.391 e. The van der Waals surface area contributed by atoms with Gasteiger partial charge in [-0.25, -0.2) is 8.78 Å². The Balaban J connectivity index is 0.000000540. The average molecular weight is 548 g/mol. The fourth-order valence-electron chi connectivity index (χ4n) is 2.92. The number of hydrogen-bond donors (Lipinski definition) is 4. The second-order valence-electron chi connectivity index (χ2n) is 8.58. The molecule has 0 bridgehead atoms. The topological polar surface area (TPSA) is 107 Å². The van der Waals surface area contributed by atoms with Crippen LogP contribution in [-0.4, -0.2) is 59.6 Å². The number of fused-ring (bicyclic) bond motifs is 1. The predicted molar refractivity (Wildman–Crippen MR) is 135 cm³/mol. The smallest absolute Gasteiger partial charge is 0.342 e. The van der Waals surface area contributed by atoms with E-state index in [-0.39, 0.29) is 17.7 Å². The van der Waals surface area contributed by atoms with Crippen molar-refractivity contribution in [1.82, 2.24) is 5.32 Å². The minimum atomic E-state index is -4.86. The summed E-state index contributed by atoms with van der Waals surface area (Å²) in [4.78, 5) is 32.0. The van der Waals surface area contributed by atoms with Gasteiger partial charge in [-0.3, -0.25) is 9.36 Å². The van der Waals surface area contributed by atoms with Crippen LogP contribution in [0.25, 0.3) is 16.2 Å². The molecule has 0 aliphatic rings. The number of likely N-dealkylation sites (N-methyl/N-ethyl adjacent to an activating group) is 1. The quantitative estimate of drug-likeness (QED) is 0.257. The lowest BCUT2D eigenvalue weighted by Crippen LogP contribution is -2.36. The van der Waals surface area contributed by atoms with E-state index < -0.39 is 30.8 Å². The van der Waals surface area contributed by atoms with Crippen molar-refractivity contribution in [2.75, 3.05) is 34.3 Å². The summed E-state index contributed by atoms with van der Waals surface area (Å²) < 4.78 is 39.7. The van der Waals surface area contributed by atoms with Gasteiger partial charge in [-0.1, -0.05) is 17.7 Å². The number of carbonyl (C=O) groups excluding carboxylic acids is 1. The molecule has 0 radical (unpaired) electrons. The first-order chi connectivity index (χ1) is 16.2. The summed E-state index contributed by atoms with van der Waals surface area (Å²) in [6.07, 6.45) is 2.39. The van der Waals surface area contributed by atoms with Crippen molar-refractivity contribution in [2.24, 2.45) is 0 Å². The molecule has 0 fully saturated rings. The lowest BCUT2D eigenvalue weighted by Gasteiger charge is -2.21. The van der Waals surface area contributed by atoms with Crippen molar-refractivity contribution < 1.29 is 37.5 Å². The van der Waals surface area contributed by atoms with Crippen molar-refractivity contribution in [1.29, 1.82) is 0 Å². The molecule has 3 aromatic rings. The first-order valence-electron chi connectivity index (χ1n) is 10.3. The van der Waals surface area contributed by atoms with Gasteiger partial charge >= 0.3 is 7.60 Å². The standard InChI is InChI=1S/C18H13ClF2NO4PS.C5H14NO/c19-11-2-4-16-12(8-11)13(9-28-16)17(27(24,25)26)18(23)22-6-5-10-1-3-14(20)15(21)7-10;1-6(2,3)4-5-7/h1-9,17H,(H,22,23)(H2,24,25,26);7H,4-5H2,1-3H3/q;+1/b6-5+;. The van der Waals surface area contributed by atoms with E-state index in [1.54, 1.807) is 12.1 Å². The third kappa shape index (κ3) is 8.77. The number of aliphatic hydroxyl groups is 1. The molecule has 4 N–H and O–H groups in total. The highest BCUT2D eigenvalue weighted by molar-refractivity contribution is 7.53. The van der Waals surface area contributed by atoms with Crippen LogP contribution in [-0.2, 0) is 9.36 Å². The fourth-order valence-corrected chi connectivity index (χ4v) is 5.12. The van der Waals surface area contributed by atoms with Gasteiger partial charge in [-0.05, 0) is 58.3 Å². The molecule has 1 heterocycles. The molecule has 2 aromatic carbocycles. The molecule has 3 rings (SSSR count). The molecule has 7 nitrogen and oxygen atoms in total. The lowest BCUT2D eigenvalue weighted by atomic mass is 10.1. The first kappa shape index (κ1) is 29.1. The number of rotatable bonds is 7. The summed E-state index contributed by atoms with van der Waals surface area (Å²) in [6.45, 7) is 1.11. The van der Waals surface area contributed by atoms with Crippen LogP contribution >= 0.6 is 30.5 Å². The summed E-state index contributed by atoms with van der Waals surface area (Å²) in [5.74, 6) is -3.00. The van der Waals surface area contributed by atoms with Gasteiger partial charge in [0.15, 0.2) is 17.3 Å². The summed E-state index contributed by atoms with van der Waals surface area (Å²) in [5, 5.41) is 13.0. The predicted octanol–water partition coefficient (Wildman–Crippen LogP) is 4.52. The summed E-state index contributed by atoms with van der Waals surface area (Å²) in [7, 11) is 1.30. The SMILES string of the molecule is C[N+](C)(C)CCO.O=C(N/C=C/c1ccc(F)c(F)c1)C(c1csc2ccc(Cl)cc12)P(=O)(O)O. The van der Waals surface area contributed by atoms with Gasteiger partial charge in [0.25, 0.3) is 0 Å². The minimum absolute atomic E-state index is 0.162. The second-order valence-corrected chi connectivity index (χ2v) is 11.6. The molecule has 1 unspecified atom stereocenters. The molecular weight excluding hydrogens is 521 g/mol. The van der Waals surface area contributed by atoms with E-state index in [9.17, 15) is 27.9 Å². The molecule has 0 saturated carbocycles. The summed E-state index contributed by atoms with van der Waals surface area (Å²) in [5.41, 5.74) is -1.32. The molecule has 190 valence electrons. The number of hydrogen-bond acceptors (Lipinski definition) is 4. The highest BCUT2D eigenvalue weighted by Gasteiger charge is 2.38. The number of halogens is 3. The molecule has 0 aliphatic carbocycles. The van der Waals surface area contributed by atoms with E-state index in [2.05, 4.69) is 26.5 Å². The van der Waals surface area contributed by atoms with Crippen molar-refractivity contribution in [3.05, 3.63) is 75.8 Å². The number of quaternary nitrogens is 1. The summed E-state index contributed by atoms with van der Waals surface area (Å²) >= 11 is 7.19. The Morgan fingerprint density at radius 2 is 1.86 bits per heavy atom. The minimum Gasteiger partial charge on any atom is -0.391 e. The monoisotopic (exact) mass is 547 g/mol. The third-order valence-electron chi connectivity index (χ3n) is 4.66. The number of thiophene rings is 1. The highest BCUT2D eigenvalue weighted by Crippen LogP contribution is 2.54. The maximum absolute atomic E-state index is 13.2. The van der Waals surface area contributed by atoms with E-state index in [0.717, 1.165) is 34.1 Å². The maximum atomic E-state index is 13.2. The number of nitrogens with one attached hydrogen (secondary N) is 1. The van der Waals surface area contributed by atoms with Crippen LogP contribution in [0.2, 0.25) is 5.02 Å². The molecular formula is C23H27ClF2N2O5PS+. The molecule has 1 amide bonds. The van der Waals surface area contributed by atoms with Crippen molar-refractivity contribution in [2.45, 2.75) is 5.66 Å². The number of carbonyl (C=O) groups is 1. The molecule has 12 heteroatoms. The Hall–Kier alpha value is -2.17. The van der Waals surface area contributed by atoms with Crippen LogP contribution in [0.5, 0.6) is 0 Å². The van der Waals surface area contributed by atoms with Gasteiger partial charge in [0, 0.05) is 15.9 Å². The first-order valence-corrected chi connectivity index (χ1v) is 13.2. The number of nitrogens with zero attached hydrogens (tertiary/aromatic N) is 1. The normalized spacial score (nSPS) is 12.9. The Morgan fingerprint density at radius 3 is 2.40 bits per heavy atom. The van der Waals surface area contributed by atoms with Gasteiger partial charge < -0.3 is 24.7 Å². The molecule has 0 spiro atoms. The van der Waals surface area contributed by atoms with Gasteiger partial charge in [0.2, 0.25) is 5.91 Å². The van der Waals surface area contributed by atoms with Crippen molar-refractivity contribution in [3.8, 4) is 0 Å². The van der Waals surface area contributed by atoms with E-state index in [4.69, 9.17) is 16.7 Å². The van der Waals surface area contributed by atoms with Crippen LogP contribution in [0.1, 0.15) is 16.8 Å². The summed E-state index contributed by atoms with van der Waals surface area (Å²) in [6, 6.07) is 8.01. The Bertz CT molecular complexity index is 1260. The number of aliphatic hydroxyl groups excluding tert-OH is 1. The molecule has 0 aliphatic heterocycles. The Kier molecular flexibility index (Phi) is 10.1. The second kappa shape index (κ2) is 12.2. The Morgan fingerprint density at radius 1 is 1.17 bits per heavy atom. The fraction of sp³-hybridized carbons (Fsp3) is 0.261. The van der Waals surface area contributed by atoms with Crippen LogP contribution in [0.4, 0.5) is 8.78 Å². The van der Waals surface area contributed by atoms with E-state index in [1.165, 1.54) is 34.9 Å². The average Bonchev–Trinajstić information content (AvgIpc) is 3.12. The number of amides is 1. The number of benzene rings is 2. The van der Waals surface area contributed by atoms with Crippen LogP contribution in [0, 0.1) is 11.6 Å². The molecule has 0 saturated heterocycles. The van der Waals surface area contributed by atoms with Gasteiger partial charge in [-0.15, -0.1) is 11.3 Å². The van der Waals surface area contributed by atoms with Gasteiger partial charge in [0.05, 0.1) is 27.7 Å². The molecule has 35 heavy (non-hydrogen) atoms. The van der Waals surface area contributed by atoms with Gasteiger partial charge in [-0.2, -0.15) is 0 Å². The van der Waals surface area contributed by atoms with Crippen LogP contribution < -0.4 is 5.32 Å². The Labute approximate surface area is 211 Å². The van der Waals surface area contributed by atoms with Crippen LogP contribution in [0.3, 0.4) is 0 Å².